The summed E-state index contributed by atoms with van der Waals surface area (Å²) in [5.41, 5.74) is 3.92. The fourth-order valence-corrected chi connectivity index (χ4v) is 2.39. The van der Waals surface area contributed by atoms with Crippen LogP contribution < -0.4 is 10.6 Å². The Morgan fingerprint density at radius 3 is 2.60 bits per heavy atom. The lowest BCUT2D eigenvalue weighted by molar-refractivity contribution is 0.292. The first-order valence-electron chi connectivity index (χ1n) is 8.23. The van der Waals surface area contributed by atoms with Crippen molar-refractivity contribution >= 4 is 17.5 Å². The molecule has 128 valence electrons. The second kappa shape index (κ2) is 8.21. The smallest absolute Gasteiger partial charge is 0.225 e. The minimum absolute atomic E-state index is 0.130. The molecular weight excluding hydrogens is 314 g/mol. The Balaban J connectivity index is 1.93. The van der Waals surface area contributed by atoms with Crippen molar-refractivity contribution in [2.24, 2.45) is 0 Å². The number of pyridine rings is 1. The van der Waals surface area contributed by atoms with E-state index in [0.29, 0.717) is 24.7 Å². The summed E-state index contributed by atoms with van der Waals surface area (Å²) in [6.45, 7) is 2.79. The van der Waals surface area contributed by atoms with Crippen molar-refractivity contribution in [3.8, 4) is 11.3 Å². The summed E-state index contributed by atoms with van der Waals surface area (Å²) in [4.78, 5) is 13.2. The van der Waals surface area contributed by atoms with Crippen LogP contribution in [-0.4, -0.2) is 33.2 Å². The first kappa shape index (κ1) is 16.9. The van der Waals surface area contributed by atoms with Gasteiger partial charge in [0.1, 0.15) is 5.82 Å². The Hall–Kier alpha value is -2.99. The normalized spacial score (nSPS) is 10.5. The quantitative estimate of drug-likeness (QED) is 0.574. The summed E-state index contributed by atoms with van der Waals surface area (Å²) in [5.74, 6) is 1.24. The number of nitrogens with one attached hydrogen (secondary N) is 2. The molecule has 0 fully saturated rings. The number of hydrogen-bond donors (Lipinski definition) is 3. The van der Waals surface area contributed by atoms with Crippen molar-refractivity contribution in [3.63, 3.8) is 0 Å². The molecule has 25 heavy (non-hydrogen) atoms. The molecule has 0 amide bonds. The first-order valence-corrected chi connectivity index (χ1v) is 8.23. The van der Waals surface area contributed by atoms with E-state index in [4.69, 9.17) is 5.11 Å². The van der Waals surface area contributed by atoms with Gasteiger partial charge in [0.05, 0.1) is 5.69 Å². The molecule has 0 aliphatic rings. The van der Waals surface area contributed by atoms with Gasteiger partial charge in [0.15, 0.2) is 0 Å². The Morgan fingerprint density at radius 2 is 1.84 bits per heavy atom. The average Bonchev–Trinajstić information content (AvgIpc) is 2.64. The number of aromatic nitrogens is 3. The van der Waals surface area contributed by atoms with Gasteiger partial charge in [0.25, 0.3) is 0 Å². The van der Waals surface area contributed by atoms with Gasteiger partial charge in [-0.2, -0.15) is 4.98 Å². The van der Waals surface area contributed by atoms with Crippen LogP contribution in [0.1, 0.15) is 12.0 Å². The third-order valence-corrected chi connectivity index (χ3v) is 3.73. The van der Waals surface area contributed by atoms with E-state index in [0.717, 1.165) is 22.5 Å². The zero-order valence-electron chi connectivity index (χ0n) is 14.1. The molecule has 0 atom stereocenters. The highest BCUT2D eigenvalue weighted by molar-refractivity contribution is 5.68. The lowest BCUT2D eigenvalue weighted by atomic mass is 10.2. The molecule has 0 saturated carbocycles. The standard InChI is InChI=1S/C19H21N5O/c1-14-5-2-3-6-16(14)22-18-13-17(15-7-10-20-11-8-15)23-19(24-18)21-9-4-12-25/h2-3,5-8,10-11,13,25H,4,9,12H2,1H3,(H2,21,22,23,24). The predicted molar refractivity (Wildman–Crippen MR) is 99.9 cm³/mol. The first-order chi connectivity index (χ1) is 12.3. The lowest BCUT2D eigenvalue weighted by Crippen LogP contribution is -2.09. The van der Waals surface area contributed by atoms with Crippen molar-refractivity contribution in [3.05, 3.63) is 60.4 Å². The summed E-state index contributed by atoms with van der Waals surface area (Å²) in [7, 11) is 0. The highest BCUT2D eigenvalue weighted by Crippen LogP contribution is 2.24. The Morgan fingerprint density at radius 1 is 1.04 bits per heavy atom. The topological polar surface area (TPSA) is 83.0 Å². The van der Waals surface area contributed by atoms with E-state index in [2.05, 4.69) is 25.6 Å². The highest BCUT2D eigenvalue weighted by atomic mass is 16.3. The molecule has 2 aromatic heterocycles. The molecule has 6 heteroatoms. The number of hydrogen-bond acceptors (Lipinski definition) is 6. The second-order valence-electron chi connectivity index (χ2n) is 5.64. The monoisotopic (exact) mass is 335 g/mol. The number of para-hydroxylation sites is 1. The number of aryl methyl sites for hydroxylation is 1. The Labute approximate surface area is 147 Å². The van der Waals surface area contributed by atoms with Gasteiger partial charge in [0, 0.05) is 42.9 Å². The maximum absolute atomic E-state index is 8.96. The third-order valence-electron chi connectivity index (χ3n) is 3.73. The number of aliphatic hydroxyl groups is 1. The lowest BCUT2D eigenvalue weighted by Gasteiger charge is -2.12. The van der Waals surface area contributed by atoms with Crippen LogP contribution in [0.4, 0.5) is 17.5 Å². The maximum Gasteiger partial charge on any atom is 0.225 e. The molecule has 2 heterocycles. The van der Waals surface area contributed by atoms with E-state index >= 15 is 0 Å². The van der Waals surface area contributed by atoms with Crippen molar-refractivity contribution in [1.29, 1.82) is 0 Å². The van der Waals surface area contributed by atoms with Gasteiger partial charge in [-0.25, -0.2) is 4.98 Å². The molecule has 3 N–H and O–H groups in total. The van der Waals surface area contributed by atoms with E-state index in [1.54, 1.807) is 12.4 Å². The summed E-state index contributed by atoms with van der Waals surface area (Å²) in [6, 6.07) is 13.8. The van der Waals surface area contributed by atoms with E-state index in [1.807, 2.05) is 49.4 Å². The Bertz CT molecular complexity index is 823. The fraction of sp³-hybridized carbons (Fsp3) is 0.211. The zero-order chi connectivity index (χ0) is 17.5. The van der Waals surface area contributed by atoms with Crippen LogP contribution in [0.2, 0.25) is 0 Å². The van der Waals surface area contributed by atoms with Crippen LogP contribution in [0, 0.1) is 6.92 Å². The largest absolute Gasteiger partial charge is 0.396 e. The molecular formula is C19H21N5O. The minimum Gasteiger partial charge on any atom is -0.396 e. The van der Waals surface area contributed by atoms with Crippen LogP contribution in [0.25, 0.3) is 11.3 Å². The van der Waals surface area contributed by atoms with E-state index in [1.165, 1.54) is 0 Å². The molecule has 0 bridgehead atoms. The zero-order valence-corrected chi connectivity index (χ0v) is 14.1. The van der Waals surface area contributed by atoms with Crippen molar-refractivity contribution in [2.75, 3.05) is 23.8 Å². The SMILES string of the molecule is Cc1ccccc1Nc1cc(-c2ccncc2)nc(NCCCO)n1. The maximum atomic E-state index is 8.96. The molecule has 3 rings (SSSR count). The van der Waals surface area contributed by atoms with Crippen molar-refractivity contribution < 1.29 is 5.11 Å². The number of benzene rings is 1. The molecule has 0 aliphatic carbocycles. The fourth-order valence-electron chi connectivity index (χ4n) is 2.39. The molecule has 3 aromatic rings. The Kier molecular flexibility index (Phi) is 5.53. The van der Waals surface area contributed by atoms with Crippen LogP contribution in [0.15, 0.2) is 54.9 Å². The van der Waals surface area contributed by atoms with Crippen molar-refractivity contribution in [1.82, 2.24) is 15.0 Å². The average molecular weight is 335 g/mol. The molecule has 0 radical (unpaired) electrons. The summed E-state index contributed by atoms with van der Waals surface area (Å²) >= 11 is 0. The van der Waals surface area contributed by atoms with Gasteiger partial charge in [-0.1, -0.05) is 18.2 Å². The molecule has 0 spiro atoms. The molecule has 0 unspecified atom stereocenters. The molecule has 0 saturated heterocycles. The van der Waals surface area contributed by atoms with E-state index in [-0.39, 0.29) is 6.61 Å². The summed E-state index contributed by atoms with van der Waals surface area (Å²) < 4.78 is 0. The summed E-state index contributed by atoms with van der Waals surface area (Å²) in [6.07, 6.45) is 4.12. The second-order valence-corrected chi connectivity index (χ2v) is 5.64. The van der Waals surface area contributed by atoms with Crippen LogP contribution in [0.3, 0.4) is 0 Å². The van der Waals surface area contributed by atoms with Gasteiger partial charge < -0.3 is 15.7 Å². The van der Waals surface area contributed by atoms with Gasteiger partial charge in [-0.15, -0.1) is 0 Å². The predicted octanol–water partition coefficient (Wildman–Crippen LogP) is 3.38. The number of rotatable bonds is 7. The van der Waals surface area contributed by atoms with Crippen LogP contribution in [-0.2, 0) is 0 Å². The molecule has 1 aromatic carbocycles. The highest BCUT2D eigenvalue weighted by Gasteiger charge is 2.08. The minimum atomic E-state index is 0.130. The van der Waals surface area contributed by atoms with E-state index < -0.39 is 0 Å². The van der Waals surface area contributed by atoms with E-state index in [9.17, 15) is 0 Å². The van der Waals surface area contributed by atoms with Crippen LogP contribution >= 0.6 is 0 Å². The van der Waals surface area contributed by atoms with Gasteiger partial charge in [-0.05, 0) is 37.1 Å². The van der Waals surface area contributed by atoms with Gasteiger partial charge >= 0.3 is 0 Å². The number of anilines is 3. The molecule has 0 aliphatic heterocycles. The number of aliphatic hydroxyl groups excluding tert-OH is 1. The number of nitrogens with zero attached hydrogens (tertiary/aromatic N) is 3. The van der Waals surface area contributed by atoms with Gasteiger partial charge in [-0.3, -0.25) is 4.98 Å². The van der Waals surface area contributed by atoms with Gasteiger partial charge in [0.2, 0.25) is 5.95 Å². The van der Waals surface area contributed by atoms with Crippen LogP contribution in [0.5, 0.6) is 0 Å². The molecule has 6 nitrogen and oxygen atoms in total. The third kappa shape index (κ3) is 4.51. The summed E-state index contributed by atoms with van der Waals surface area (Å²) in [5, 5.41) is 15.5. The van der Waals surface area contributed by atoms with Crippen molar-refractivity contribution in [2.45, 2.75) is 13.3 Å².